The van der Waals surface area contributed by atoms with Crippen LogP contribution in [0.5, 0.6) is 0 Å². The van der Waals surface area contributed by atoms with E-state index in [0.29, 0.717) is 6.07 Å². The minimum absolute atomic E-state index is 0.593. The van der Waals surface area contributed by atoms with Crippen LogP contribution in [0.25, 0.3) is 0 Å². The maximum atomic E-state index is 12.9. The lowest BCUT2D eigenvalue weighted by Gasteiger charge is -2.00. The van der Waals surface area contributed by atoms with Crippen molar-refractivity contribution < 1.29 is 13.7 Å². The first-order valence-electron chi connectivity index (χ1n) is 3.02. The Balaban J connectivity index is 3.53. The molecule has 13 heavy (non-hydrogen) atoms. The number of nitro benzene ring substituents is 1. The number of nitrogens with two attached hydrogens (primary N) is 1. The van der Waals surface area contributed by atoms with Crippen molar-refractivity contribution in [3.05, 3.63) is 32.8 Å². The molecule has 0 aliphatic rings. The molecule has 1 aromatic carbocycles. The molecule has 70 valence electrons. The van der Waals surface area contributed by atoms with Gasteiger partial charge in [-0.15, -0.1) is 0 Å². The lowest BCUT2D eigenvalue weighted by molar-refractivity contribution is -0.386. The zero-order valence-corrected chi connectivity index (χ0v) is 6.81. The molecule has 4 nitrogen and oxygen atoms in total. The Morgan fingerprint density at radius 2 is 2.08 bits per heavy atom. The predicted molar refractivity (Wildman–Crippen MR) is 42.4 cm³/mol. The molecule has 0 saturated heterocycles. The van der Waals surface area contributed by atoms with Gasteiger partial charge in [0, 0.05) is 6.07 Å². The Labute approximate surface area is 76.1 Å². The third-order valence-electron chi connectivity index (χ3n) is 1.35. The summed E-state index contributed by atoms with van der Waals surface area (Å²) in [6.45, 7) is 0. The molecule has 0 bridgehead atoms. The summed E-state index contributed by atoms with van der Waals surface area (Å²) in [7, 11) is 0. The fourth-order valence-corrected chi connectivity index (χ4v) is 0.933. The standard InChI is InChI=1S/C6H3ClF2N2O2/c7-4-2(8)1-3(10)6(5(4)9)11(12)13/h1H,10H2. The summed E-state index contributed by atoms with van der Waals surface area (Å²) >= 11 is 5.09. The zero-order valence-electron chi connectivity index (χ0n) is 6.05. The maximum Gasteiger partial charge on any atom is 0.329 e. The molecule has 0 unspecified atom stereocenters. The third kappa shape index (κ3) is 1.52. The lowest BCUT2D eigenvalue weighted by Crippen LogP contribution is -2.01. The van der Waals surface area contributed by atoms with Gasteiger partial charge in [0.25, 0.3) is 0 Å². The van der Waals surface area contributed by atoms with Gasteiger partial charge in [-0.05, 0) is 0 Å². The van der Waals surface area contributed by atoms with E-state index < -0.39 is 33.0 Å². The number of benzene rings is 1. The normalized spacial score (nSPS) is 10.1. The number of hydrogen-bond acceptors (Lipinski definition) is 3. The Bertz CT molecular complexity index is 383. The molecule has 0 atom stereocenters. The van der Waals surface area contributed by atoms with Crippen molar-refractivity contribution in [3.8, 4) is 0 Å². The summed E-state index contributed by atoms with van der Waals surface area (Å²) in [5.74, 6) is -2.58. The van der Waals surface area contributed by atoms with Crippen LogP contribution in [0.1, 0.15) is 0 Å². The SMILES string of the molecule is Nc1cc(F)c(Cl)c(F)c1[N+](=O)[O-]. The van der Waals surface area contributed by atoms with Crippen molar-refractivity contribution in [3.63, 3.8) is 0 Å². The number of halogens is 3. The summed E-state index contributed by atoms with van der Waals surface area (Å²) in [4.78, 5) is 9.15. The van der Waals surface area contributed by atoms with Gasteiger partial charge in [-0.2, -0.15) is 4.39 Å². The molecule has 0 aliphatic carbocycles. The zero-order chi connectivity index (χ0) is 10.2. The van der Waals surface area contributed by atoms with E-state index in [1.807, 2.05) is 0 Å². The summed E-state index contributed by atoms with van der Waals surface area (Å²) in [6.07, 6.45) is 0. The highest BCUT2D eigenvalue weighted by molar-refractivity contribution is 6.31. The molecule has 0 aromatic heterocycles. The van der Waals surface area contributed by atoms with Gasteiger partial charge < -0.3 is 5.73 Å². The second kappa shape index (κ2) is 3.14. The van der Waals surface area contributed by atoms with Gasteiger partial charge in [0.2, 0.25) is 5.82 Å². The monoisotopic (exact) mass is 208 g/mol. The van der Waals surface area contributed by atoms with E-state index in [1.165, 1.54) is 0 Å². The lowest BCUT2D eigenvalue weighted by atomic mass is 10.2. The molecule has 0 aliphatic heterocycles. The molecular weight excluding hydrogens is 206 g/mol. The highest BCUT2D eigenvalue weighted by Gasteiger charge is 2.24. The topological polar surface area (TPSA) is 69.2 Å². The molecule has 1 aromatic rings. The van der Waals surface area contributed by atoms with Crippen molar-refractivity contribution in [2.45, 2.75) is 0 Å². The van der Waals surface area contributed by atoms with Crippen molar-refractivity contribution in [2.24, 2.45) is 0 Å². The number of nitro groups is 1. The molecule has 0 radical (unpaired) electrons. The molecule has 0 saturated carbocycles. The first kappa shape index (κ1) is 9.66. The van der Waals surface area contributed by atoms with Gasteiger partial charge in [0.05, 0.1) is 4.92 Å². The van der Waals surface area contributed by atoms with Crippen LogP contribution < -0.4 is 5.73 Å². The Morgan fingerprint density at radius 3 is 2.54 bits per heavy atom. The number of nitrogens with zero attached hydrogens (tertiary/aromatic N) is 1. The molecule has 0 spiro atoms. The fraction of sp³-hybridized carbons (Fsp3) is 0. The predicted octanol–water partition coefficient (Wildman–Crippen LogP) is 2.11. The van der Waals surface area contributed by atoms with Crippen LogP contribution in [0.2, 0.25) is 5.02 Å². The second-order valence-electron chi connectivity index (χ2n) is 2.18. The number of nitrogen functional groups attached to an aromatic ring is 1. The van der Waals surface area contributed by atoms with E-state index in [0.717, 1.165) is 0 Å². The summed E-state index contributed by atoms with van der Waals surface area (Å²) in [6, 6.07) is 0.601. The van der Waals surface area contributed by atoms with Crippen LogP contribution >= 0.6 is 11.6 Å². The van der Waals surface area contributed by atoms with Gasteiger partial charge in [-0.1, -0.05) is 11.6 Å². The van der Waals surface area contributed by atoms with E-state index in [4.69, 9.17) is 17.3 Å². The van der Waals surface area contributed by atoms with E-state index >= 15 is 0 Å². The smallest absolute Gasteiger partial charge is 0.329 e. The molecule has 0 fully saturated rings. The largest absolute Gasteiger partial charge is 0.393 e. The van der Waals surface area contributed by atoms with Crippen molar-refractivity contribution in [1.82, 2.24) is 0 Å². The summed E-state index contributed by atoms with van der Waals surface area (Å²) < 4.78 is 25.5. The van der Waals surface area contributed by atoms with Crippen molar-refractivity contribution in [1.29, 1.82) is 0 Å². The Hall–Kier alpha value is -1.43. The average Bonchev–Trinajstić information content (AvgIpc) is 1.99. The second-order valence-corrected chi connectivity index (χ2v) is 2.56. The minimum atomic E-state index is -1.45. The number of hydrogen-bond donors (Lipinski definition) is 1. The van der Waals surface area contributed by atoms with E-state index in [2.05, 4.69) is 0 Å². The quantitative estimate of drug-likeness (QED) is 0.333. The van der Waals surface area contributed by atoms with E-state index in [-0.39, 0.29) is 0 Å². The number of rotatable bonds is 1. The van der Waals surface area contributed by atoms with Crippen LogP contribution in [-0.4, -0.2) is 4.92 Å². The van der Waals surface area contributed by atoms with Crippen molar-refractivity contribution in [2.75, 3.05) is 5.73 Å². The highest BCUT2D eigenvalue weighted by atomic mass is 35.5. The molecule has 2 N–H and O–H groups in total. The average molecular weight is 209 g/mol. The summed E-state index contributed by atoms with van der Waals surface area (Å²) in [5.41, 5.74) is 3.41. The highest BCUT2D eigenvalue weighted by Crippen LogP contribution is 2.32. The van der Waals surface area contributed by atoms with Crippen LogP contribution in [0.4, 0.5) is 20.2 Å². The molecule has 0 amide bonds. The molecule has 1 rings (SSSR count). The van der Waals surface area contributed by atoms with Crippen LogP contribution in [-0.2, 0) is 0 Å². The molecule has 7 heteroatoms. The van der Waals surface area contributed by atoms with Gasteiger partial charge >= 0.3 is 5.69 Å². The van der Waals surface area contributed by atoms with E-state index in [1.54, 1.807) is 0 Å². The van der Waals surface area contributed by atoms with Crippen LogP contribution in [0.15, 0.2) is 6.07 Å². The van der Waals surface area contributed by atoms with Crippen LogP contribution in [0.3, 0.4) is 0 Å². The van der Waals surface area contributed by atoms with Gasteiger partial charge in [-0.3, -0.25) is 10.1 Å². The van der Waals surface area contributed by atoms with Gasteiger partial charge in [0.15, 0.2) is 0 Å². The minimum Gasteiger partial charge on any atom is -0.393 e. The Morgan fingerprint density at radius 1 is 1.54 bits per heavy atom. The maximum absolute atomic E-state index is 12.9. The molecular formula is C6H3ClF2N2O2. The molecule has 0 heterocycles. The van der Waals surface area contributed by atoms with Gasteiger partial charge in [0.1, 0.15) is 16.5 Å². The summed E-state index contributed by atoms with van der Waals surface area (Å²) in [5, 5.41) is 9.28. The van der Waals surface area contributed by atoms with Gasteiger partial charge in [-0.25, -0.2) is 4.39 Å². The van der Waals surface area contributed by atoms with Crippen LogP contribution in [0, 0.1) is 21.7 Å². The first-order valence-corrected chi connectivity index (χ1v) is 3.40. The third-order valence-corrected chi connectivity index (χ3v) is 1.69. The van der Waals surface area contributed by atoms with E-state index in [9.17, 15) is 18.9 Å². The fourth-order valence-electron chi connectivity index (χ4n) is 0.789. The first-order chi connectivity index (χ1) is 5.95. The Kier molecular flexibility index (Phi) is 2.33. The number of anilines is 1. The van der Waals surface area contributed by atoms with Crippen molar-refractivity contribution >= 4 is 23.0 Å².